The standard InChI is InChI=1S/C19H27N3O3.ClH/c1-13(2)17(19(24)21-12-14-8-10-20-11-9-14)22-18(23)15-4-6-16(25-3)7-5-15;/h4-8,13,17,20H,9-12H2,1-3H3,(H,21,24)(H,22,23);1H. The molecule has 0 saturated carbocycles. The predicted octanol–water partition coefficient (Wildman–Crippen LogP) is 1.91. The lowest BCUT2D eigenvalue weighted by Crippen LogP contribution is -2.50. The molecule has 7 heteroatoms. The fraction of sp³-hybridized carbons (Fsp3) is 0.474. The highest BCUT2D eigenvalue weighted by atomic mass is 35.5. The number of amides is 2. The van der Waals surface area contributed by atoms with Crippen LogP contribution in [0.2, 0.25) is 0 Å². The van der Waals surface area contributed by atoms with Crippen molar-refractivity contribution in [3.8, 4) is 5.75 Å². The Balaban J connectivity index is 0.00000338. The summed E-state index contributed by atoms with van der Waals surface area (Å²) in [5.74, 6) is 0.253. The molecule has 0 saturated heterocycles. The molecule has 1 atom stereocenters. The van der Waals surface area contributed by atoms with Crippen molar-refractivity contribution >= 4 is 24.2 Å². The Hall–Kier alpha value is -2.05. The minimum atomic E-state index is -0.572. The van der Waals surface area contributed by atoms with E-state index in [1.54, 1.807) is 31.4 Å². The van der Waals surface area contributed by atoms with Gasteiger partial charge in [0.1, 0.15) is 11.8 Å². The van der Waals surface area contributed by atoms with Gasteiger partial charge in [0, 0.05) is 18.7 Å². The minimum Gasteiger partial charge on any atom is -0.497 e. The van der Waals surface area contributed by atoms with Gasteiger partial charge in [0.25, 0.3) is 5.91 Å². The first-order chi connectivity index (χ1) is 12.0. The van der Waals surface area contributed by atoms with E-state index in [0.717, 1.165) is 19.5 Å². The zero-order valence-corrected chi connectivity index (χ0v) is 16.3. The maximum absolute atomic E-state index is 12.5. The van der Waals surface area contributed by atoms with Crippen LogP contribution in [0.15, 0.2) is 35.9 Å². The molecule has 0 spiro atoms. The molecule has 1 heterocycles. The monoisotopic (exact) mass is 381 g/mol. The quantitative estimate of drug-likeness (QED) is 0.630. The third-order valence-corrected chi connectivity index (χ3v) is 4.24. The lowest BCUT2D eigenvalue weighted by atomic mass is 10.0. The Labute approximate surface area is 161 Å². The van der Waals surface area contributed by atoms with E-state index in [2.05, 4.69) is 22.0 Å². The third kappa shape index (κ3) is 6.35. The van der Waals surface area contributed by atoms with E-state index in [-0.39, 0.29) is 30.1 Å². The number of methoxy groups -OCH3 is 1. The van der Waals surface area contributed by atoms with Gasteiger partial charge in [-0.2, -0.15) is 0 Å². The van der Waals surface area contributed by atoms with Crippen LogP contribution in [-0.4, -0.2) is 44.6 Å². The SMILES string of the molecule is COc1ccc(C(=O)NC(C(=O)NCC2=CCNCC2)C(C)C)cc1.Cl. The van der Waals surface area contributed by atoms with Gasteiger partial charge in [0.15, 0.2) is 0 Å². The summed E-state index contributed by atoms with van der Waals surface area (Å²) in [5, 5.41) is 9.01. The van der Waals surface area contributed by atoms with E-state index in [1.807, 2.05) is 13.8 Å². The molecule has 1 aromatic carbocycles. The van der Waals surface area contributed by atoms with Crippen LogP contribution in [0.5, 0.6) is 5.75 Å². The molecule has 6 nitrogen and oxygen atoms in total. The molecule has 144 valence electrons. The Bertz CT molecular complexity index is 629. The number of carbonyl (C=O) groups excluding carboxylic acids is 2. The second-order valence-electron chi connectivity index (χ2n) is 6.46. The number of hydrogen-bond donors (Lipinski definition) is 3. The summed E-state index contributed by atoms with van der Waals surface area (Å²) < 4.78 is 5.09. The van der Waals surface area contributed by atoms with Gasteiger partial charge in [0.05, 0.1) is 7.11 Å². The first-order valence-corrected chi connectivity index (χ1v) is 8.62. The van der Waals surface area contributed by atoms with E-state index >= 15 is 0 Å². The zero-order valence-electron chi connectivity index (χ0n) is 15.5. The van der Waals surface area contributed by atoms with Gasteiger partial charge in [-0.3, -0.25) is 9.59 Å². The van der Waals surface area contributed by atoms with E-state index < -0.39 is 6.04 Å². The smallest absolute Gasteiger partial charge is 0.251 e. The fourth-order valence-corrected chi connectivity index (χ4v) is 2.64. The average molecular weight is 382 g/mol. The van der Waals surface area contributed by atoms with Crippen molar-refractivity contribution in [2.75, 3.05) is 26.7 Å². The van der Waals surface area contributed by atoms with Gasteiger partial charge in [0.2, 0.25) is 5.91 Å². The summed E-state index contributed by atoms with van der Waals surface area (Å²) in [6.07, 6.45) is 3.04. The van der Waals surface area contributed by atoms with Crippen LogP contribution >= 0.6 is 12.4 Å². The van der Waals surface area contributed by atoms with E-state index in [1.165, 1.54) is 5.57 Å². The molecule has 0 aliphatic carbocycles. The molecule has 1 aliphatic heterocycles. The molecular weight excluding hydrogens is 354 g/mol. The van der Waals surface area contributed by atoms with Crippen molar-refractivity contribution in [1.82, 2.24) is 16.0 Å². The molecule has 0 radical (unpaired) electrons. The molecule has 2 amide bonds. The normalized spacial score (nSPS) is 14.7. The van der Waals surface area contributed by atoms with Gasteiger partial charge in [-0.1, -0.05) is 25.5 Å². The zero-order chi connectivity index (χ0) is 18.2. The molecule has 1 aromatic rings. The van der Waals surface area contributed by atoms with Crippen molar-refractivity contribution in [3.05, 3.63) is 41.5 Å². The number of halogens is 1. The van der Waals surface area contributed by atoms with Crippen molar-refractivity contribution < 1.29 is 14.3 Å². The number of ether oxygens (including phenoxy) is 1. The number of hydrogen-bond acceptors (Lipinski definition) is 4. The highest BCUT2D eigenvalue weighted by molar-refractivity contribution is 5.97. The number of carbonyl (C=O) groups is 2. The van der Waals surface area contributed by atoms with Gasteiger partial charge >= 0.3 is 0 Å². The molecule has 0 aromatic heterocycles. The lowest BCUT2D eigenvalue weighted by Gasteiger charge is -2.23. The van der Waals surface area contributed by atoms with Crippen molar-refractivity contribution in [2.24, 2.45) is 5.92 Å². The van der Waals surface area contributed by atoms with Gasteiger partial charge in [-0.05, 0) is 43.1 Å². The summed E-state index contributed by atoms with van der Waals surface area (Å²) in [6.45, 7) is 6.14. The van der Waals surface area contributed by atoms with E-state index in [0.29, 0.717) is 17.9 Å². The second kappa shape index (κ2) is 10.8. The Kier molecular flexibility index (Phi) is 9.16. The van der Waals surface area contributed by atoms with Crippen molar-refractivity contribution in [3.63, 3.8) is 0 Å². The molecule has 26 heavy (non-hydrogen) atoms. The summed E-state index contributed by atoms with van der Waals surface area (Å²) in [5.41, 5.74) is 1.72. The van der Waals surface area contributed by atoms with E-state index in [4.69, 9.17) is 4.74 Å². The fourth-order valence-electron chi connectivity index (χ4n) is 2.64. The minimum absolute atomic E-state index is 0. The third-order valence-electron chi connectivity index (χ3n) is 4.24. The Morgan fingerprint density at radius 3 is 2.46 bits per heavy atom. The largest absolute Gasteiger partial charge is 0.497 e. The van der Waals surface area contributed by atoms with Gasteiger partial charge < -0.3 is 20.7 Å². The van der Waals surface area contributed by atoms with Crippen LogP contribution in [0.1, 0.15) is 30.6 Å². The molecule has 2 rings (SSSR count). The Morgan fingerprint density at radius 1 is 1.23 bits per heavy atom. The summed E-state index contributed by atoms with van der Waals surface area (Å²) in [7, 11) is 1.58. The molecular formula is C19H28ClN3O3. The van der Waals surface area contributed by atoms with Crippen molar-refractivity contribution in [2.45, 2.75) is 26.3 Å². The number of rotatable bonds is 7. The van der Waals surface area contributed by atoms with Crippen LogP contribution in [-0.2, 0) is 4.79 Å². The predicted molar refractivity (Wildman–Crippen MR) is 105 cm³/mol. The van der Waals surface area contributed by atoms with E-state index in [9.17, 15) is 9.59 Å². The maximum Gasteiger partial charge on any atom is 0.251 e. The van der Waals surface area contributed by atoms with Crippen LogP contribution in [0.3, 0.4) is 0 Å². The summed E-state index contributed by atoms with van der Waals surface area (Å²) in [6, 6.07) is 6.25. The highest BCUT2D eigenvalue weighted by Gasteiger charge is 2.24. The summed E-state index contributed by atoms with van der Waals surface area (Å²) in [4.78, 5) is 24.9. The first-order valence-electron chi connectivity index (χ1n) is 8.62. The topological polar surface area (TPSA) is 79.5 Å². The van der Waals surface area contributed by atoms with Crippen LogP contribution in [0, 0.1) is 5.92 Å². The van der Waals surface area contributed by atoms with Crippen LogP contribution in [0.25, 0.3) is 0 Å². The van der Waals surface area contributed by atoms with Crippen molar-refractivity contribution in [1.29, 1.82) is 0 Å². The average Bonchev–Trinajstić information content (AvgIpc) is 2.64. The van der Waals surface area contributed by atoms with Gasteiger partial charge in [-0.15, -0.1) is 12.4 Å². The highest BCUT2D eigenvalue weighted by Crippen LogP contribution is 2.12. The summed E-state index contributed by atoms with van der Waals surface area (Å²) >= 11 is 0. The maximum atomic E-state index is 12.5. The Morgan fingerprint density at radius 2 is 1.92 bits per heavy atom. The number of benzene rings is 1. The van der Waals surface area contributed by atoms with Gasteiger partial charge in [-0.25, -0.2) is 0 Å². The van der Waals surface area contributed by atoms with Crippen LogP contribution < -0.4 is 20.7 Å². The number of nitrogens with one attached hydrogen (secondary N) is 3. The van der Waals surface area contributed by atoms with Crippen LogP contribution in [0.4, 0.5) is 0 Å². The molecule has 3 N–H and O–H groups in total. The lowest BCUT2D eigenvalue weighted by molar-refractivity contribution is -0.123. The molecule has 1 unspecified atom stereocenters. The second-order valence-corrected chi connectivity index (χ2v) is 6.46. The molecule has 0 bridgehead atoms. The molecule has 0 fully saturated rings. The molecule has 1 aliphatic rings. The first kappa shape index (κ1) is 22.0.